The standard InChI is InChI=1S/C15H10ClN5O3/c16-12-5-4-10(21(23)24)9-11(12)15(22)19-13-3-1-6-17-14(13)20-8-2-7-18-20/h1-9H,(H,19,22). The smallest absolute Gasteiger partial charge is 0.270 e. The average Bonchev–Trinajstić information content (AvgIpc) is 3.09. The van der Waals surface area contributed by atoms with Crippen LogP contribution < -0.4 is 5.32 Å². The van der Waals surface area contributed by atoms with Crippen molar-refractivity contribution in [3.8, 4) is 5.82 Å². The van der Waals surface area contributed by atoms with E-state index in [0.717, 1.165) is 6.07 Å². The number of aromatic nitrogens is 3. The Morgan fingerprint density at radius 3 is 2.79 bits per heavy atom. The van der Waals surface area contributed by atoms with Gasteiger partial charge in [-0.3, -0.25) is 14.9 Å². The Balaban J connectivity index is 1.94. The molecule has 0 fully saturated rings. The first-order valence-corrected chi connectivity index (χ1v) is 7.14. The van der Waals surface area contributed by atoms with Gasteiger partial charge in [-0.15, -0.1) is 0 Å². The number of carbonyl (C=O) groups excluding carboxylic acids is 1. The Labute approximate surface area is 140 Å². The molecular formula is C15H10ClN5O3. The van der Waals surface area contributed by atoms with Crippen molar-refractivity contribution in [2.45, 2.75) is 0 Å². The Kier molecular flexibility index (Phi) is 4.21. The number of rotatable bonds is 4. The van der Waals surface area contributed by atoms with Gasteiger partial charge < -0.3 is 5.32 Å². The van der Waals surface area contributed by atoms with Crippen molar-refractivity contribution in [1.29, 1.82) is 0 Å². The van der Waals surface area contributed by atoms with Crippen LogP contribution in [0.2, 0.25) is 5.02 Å². The van der Waals surface area contributed by atoms with Crippen molar-refractivity contribution in [2.24, 2.45) is 0 Å². The first-order valence-electron chi connectivity index (χ1n) is 6.76. The van der Waals surface area contributed by atoms with Crippen molar-refractivity contribution in [2.75, 3.05) is 5.32 Å². The van der Waals surface area contributed by atoms with E-state index in [9.17, 15) is 14.9 Å². The zero-order valence-electron chi connectivity index (χ0n) is 12.1. The van der Waals surface area contributed by atoms with E-state index in [-0.39, 0.29) is 16.3 Å². The minimum Gasteiger partial charge on any atom is -0.319 e. The Hall–Kier alpha value is -3.26. The van der Waals surface area contributed by atoms with Gasteiger partial charge in [0, 0.05) is 30.7 Å². The molecule has 8 nitrogen and oxygen atoms in total. The number of non-ortho nitro benzene ring substituents is 1. The third-order valence-corrected chi connectivity index (χ3v) is 3.49. The molecule has 1 aromatic carbocycles. The highest BCUT2D eigenvalue weighted by Gasteiger charge is 2.17. The van der Waals surface area contributed by atoms with Crippen LogP contribution in [-0.2, 0) is 0 Å². The summed E-state index contributed by atoms with van der Waals surface area (Å²) in [4.78, 5) is 26.9. The molecule has 0 atom stereocenters. The van der Waals surface area contributed by atoms with E-state index in [0.29, 0.717) is 11.5 Å². The summed E-state index contributed by atoms with van der Waals surface area (Å²) in [6, 6.07) is 8.69. The van der Waals surface area contributed by atoms with Gasteiger partial charge in [0.25, 0.3) is 11.6 Å². The van der Waals surface area contributed by atoms with Crippen LogP contribution in [0, 0.1) is 10.1 Å². The molecule has 9 heteroatoms. The van der Waals surface area contributed by atoms with E-state index in [2.05, 4.69) is 15.4 Å². The third kappa shape index (κ3) is 3.08. The highest BCUT2D eigenvalue weighted by atomic mass is 35.5. The number of halogens is 1. The van der Waals surface area contributed by atoms with Gasteiger partial charge in [-0.05, 0) is 24.3 Å². The molecular weight excluding hydrogens is 334 g/mol. The van der Waals surface area contributed by atoms with Gasteiger partial charge in [-0.1, -0.05) is 11.6 Å². The summed E-state index contributed by atoms with van der Waals surface area (Å²) in [5, 5.41) is 17.7. The van der Waals surface area contributed by atoms with Crippen LogP contribution in [0.25, 0.3) is 5.82 Å². The molecule has 3 aromatic rings. The number of nitro groups is 1. The molecule has 0 unspecified atom stereocenters. The summed E-state index contributed by atoms with van der Waals surface area (Å²) in [6.45, 7) is 0. The molecule has 1 amide bonds. The number of nitrogens with zero attached hydrogens (tertiary/aromatic N) is 4. The summed E-state index contributed by atoms with van der Waals surface area (Å²) in [6.07, 6.45) is 4.82. The van der Waals surface area contributed by atoms with Gasteiger partial charge in [0.15, 0.2) is 5.82 Å². The SMILES string of the molecule is O=C(Nc1cccnc1-n1cccn1)c1cc([N+](=O)[O-])ccc1Cl. The van der Waals surface area contributed by atoms with Crippen molar-refractivity contribution >= 4 is 28.9 Å². The van der Waals surface area contributed by atoms with Gasteiger partial charge in [0.05, 0.1) is 21.2 Å². The summed E-state index contributed by atoms with van der Waals surface area (Å²) in [5.41, 5.74) is 0.179. The second-order valence-electron chi connectivity index (χ2n) is 4.70. The molecule has 24 heavy (non-hydrogen) atoms. The summed E-state index contributed by atoms with van der Waals surface area (Å²) in [5.74, 6) is -0.164. The van der Waals surface area contributed by atoms with Crippen LogP contribution >= 0.6 is 11.6 Å². The third-order valence-electron chi connectivity index (χ3n) is 3.16. The van der Waals surface area contributed by atoms with Crippen LogP contribution in [0.15, 0.2) is 55.0 Å². The number of anilines is 1. The van der Waals surface area contributed by atoms with Crippen LogP contribution in [0.5, 0.6) is 0 Å². The molecule has 0 aliphatic carbocycles. The van der Waals surface area contributed by atoms with Crippen LogP contribution in [-0.4, -0.2) is 25.6 Å². The number of hydrogen-bond acceptors (Lipinski definition) is 5. The molecule has 120 valence electrons. The van der Waals surface area contributed by atoms with Crippen LogP contribution in [0.3, 0.4) is 0 Å². The number of hydrogen-bond donors (Lipinski definition) is 1. The quantitative estimate of drug-likeness (QED) is 0.579. The summed E-state index contributed by atoms with van der Waals surface area (Å²) in [7, 11) is 0. The molecule has 0 aliphatic rings. The fourth-order valence-electron chi connectivity index (χ4n) is 2.06. The fraction of sp³-hybridized carbons (Fsp3) is 0. The van der Waals surface area contributed by atoms with Crippen molar-refractivity contribution in [3.05, 3.63) is 75.7 Å². The van der Waals surface area contributed by atoms with E-state index in [1.54, 1.807) is 36.8 Å². The lowest BCUT2D eigenvalue weighted by Gasteiger charge is -2.10. The van der Waals surface area contributed by atoms with Gasteiger partial charge >= 0.3 is 0 Å². The van der Waals surface area contributed by atoms with Gasteiger partial charge in [-0.2, -0.15) is 5.10 Å². The lowest BCUT2D eigenvalue weighted by Crippen LogP contribution is -2.15. The monoisotopic (exact) mass is 343 g/mol. The summed E-state index contributed by atoms with van der Waals surface area (Å²) >= 11 is 5.98. The molecule has 0 radical (unpaired) electrons. The molecule has 0 spiro atoms. The number of carbonyl (C=O) groups is 1. The number of nitrogens with one attached hydrogen (secondary N) is 1. The van der Waals surface area contributed by atoms with Crippen molar-refractivity contribution in [1.82, 2.24) is 14.8 Å². The minimum atomic E-state index is -0.591. The first kappa shape index (κ1) is 15.6. The number of nitro benzene ring substituents is 1. The van der Waals surface area contributed by atoms with E-state index < -0.39 is 10.8 Å². The Bertz CT molecular complexity index is 911. The van der Waals surface area contributed by atoms with Crippen molar-refractivity contribution < 1.29 is 9.72 Å². The summed E-state index contributed by atoms with van der Waals surface area (Å²) < 4.78 is 1.49. The predicted molar refractivity (Wildman–Crippen MR) is 87.4 cm³/mol. The van der Waals surface area contributed by atoms with E-state index in [1.165, 1.54) is 16.8 Å². The predicted octanol–water partition coefficient (Wildman–Crippen LogP) is 3.08. The molecule has 0 aliphatic heterocycles. The molecule has 0 bridgehead atoms. The molecule has 2 aromatic heterocycles. The van der Waals surface area contributed by atoms with E-state index in [4.69, 9.17) is 11.6 Å². The lowest BCUT2D eigenvalue weighted by atomic mass is 10.2. The van der Waals surface area contributed by atoms with Gasteiger partial charge in [-0.25, -0.2) is 9.67 Å². The molecule has 2 heterocycles. The van der Waals surface area contributed by atoms with E-state index in [1.807, 2.05) is 0 Å². The largest absolute Gasteiger partial charge is 0.319 e. The maximum atomic E-state index is 12.5. The molecule has 1 N–H and O–H groups in total. The van der Waals surface area contributed by atoms with E-state index >= 15 is 0 Å². The second-order valence-corrected chi connectivity index (χ2v) is 5.11. The molecule has 0 saturated heterocycles. The van der Waals surface area contributed by atoms with Crippen LogP contribution in [0.4, 0.5) is 11.4 Å². The number of amides is 1. The maximum Gasteiger partial charge on any atom is 0.270 e. The Morgan fingerprint density at radius 1 is 1.25 bits per heavy atom. The molecule has 3 rings (SSSR count). The minimum absolute atomic E-state index is 0.00105. The maximum absolute atomic E-state index is 12.5. The van der Waals surface area contributed by atoms with Crippen LogP contribution in [0.1, 0.15) is 10.4 Å². The zero-order chi connectivity index (χ0) is 17.1. The fourth-order valence-corrected chi connectivity index (χ4v) is 2.27. The van der Waals surface area contributed by atoms with Crippen molar-refractivity contribution in [3.63, 3.8) is 0 Å². The average molecular weight is 344 g/mol. The first-order chi connectivity index (χ1) is 11.6. The number of benzene rings is 1. The second kappa shape index (κ2) is 6.47. The highest BCUT2D eigenvalue weighted by Crippen LogP contribution is 2.24. The normalized spacial score (nSPS) is 10.4. The van der Waals surface area contributed by atoms with Gasteiger partial charge in [0.2, 0.25) is 0 Å². The Morgan fingerprint density at radius 2 is 2.08 bits per heavy atom. The van der Waals surface area contributed by atoms with Gasteiger partial charge in [0.1, 0.15) is 0 Å². The number of pyridine rings is 1. The zero-order valence-corrected chi connectivity index (χ0v) is 12.8. The lowest BCUT2D eigenvalue weighted by molar-refractivity contribution is -0.384. The highest BCUT2D eigenvalue weighted by molar-refractivity contribution is 6.34. The molecule has 0 saturated carbocycles. The topological polar surface area (TPSA) is 103 Å².